The molecule has 0 aliphatic heterocycles. The number of rotatable bonds is 4. The summed E-state index contributed by atoms with van der Waals surface area (Å²) in [4.78, 5) is 0. The monoisotopic (exact) mass is 279 g/mol. The molecule has 0 amide bonds. The Morgan fingerprint density at radius 3 is 2.69 bits per heavy atom. The first kappa shape index (κ1) is 11.3. The number of para-hydroxylation sites is 1. The lowest BCUT2D eigenvalue weighted by molar-refractivity contribution is 0.474. The summed E-state index contributed by atoms with van der Waals surface area (Å²) < 4.78 is 6.49. The molecule has 0 aliphatic carbocycles. The van der Waals surface area contributed by atoms with Crippen LogP contribution >= 0.6 is 15.9 Å². The van der Waals surface area contributed by atoms with Crippen molar-refractivity contribution < 1.29 is 4.42 Å². The summed E-state index contributed by atoms with van der Waals surface area (Å²) in [5.41, 5.74) is 1.09. The van der Waals surface area contributed by atoms with Gasteiger partial charge in [-0.15, -0.1) is 0 Å². The van der Waals surface area contributed by atoms with E-state index in [0.717, 1.165) is 22.3 Å². The number of hydrogen-bond acceptors (Lipinski definition) is 2. The fourth-order valence-corrected chi connectivity index (χ4v) is 2.03. The molecular weight excluding hydrogens is 266 g/mol. The minimum absolute atomic E-state index is 0.216. The third kappa shape index (κ3) is 2.47. The van der Waals surface area contributed by atoms with Crippen LogP contribution in [0.3, 0.4) is 0 Å². The second-order valence-electron chi connectivity index (χ2n) is 3.60. The van der Waals surface area contributed by atoms with Gasteiger partial charge in [-0.25, -0.2) is 0 Å². The molecule has 2 aromatic rings. The quantitative estimate of drug-likeness (QED) is 0.885. The van der Waals surface area contributed by atoms with Crippen LogP contribution in [0.2, 0.25) is 0 Å². The zero-order valence-electron chi connectivity index (χ0n) is 9.11. The van der Waals surface area contributed by atoms with E-state index in [9.17, 15) is 0 Å². The molecule has 1 atom stereocenters. The fourth-order valence-electron chi connectivity index (χ4n) is 1.63. The smallest absolute Gasteiger partial charge is 0.125 e. The number of nitrogens with one attached hydrogen (secondary N) is 1. The van der Waals surface area contributed by atoms with Crippen molar-refractivity contribution in [3.63, 3.8) is 0 Å². The van der Waals surface area contributed by atoms with Crippen molar-refractivity contribution in [1.29, 1.82) is 0 Å². The first-order valence-electron chi connectivity index (χ1n) is 5.35. The number of furan rings is 1. The van der Waals surface area contributed by atoms with Gasteiger partial charge in [0.05, 0.1) is 12.3 Å². The molecule has 1 aromatic carbocycles. The summed E-state index contributed by atoms with van der Waals surface area (Å²) >= 11 is 3.52. The Kier molecular flexibility index (Phi) is 3.67. The summed E-state index contributed by atoms with van der Waals surface area (Å²) in [6.45, 7) is 2.14. The van der Waals surface area contributed by atoms with E-state index in [0.29, 0.717) is 0 Å². The first-order chi connectivity index (χ1) is 7.81. The molecule has 84 valence electrons. The van der Waals surface area contributed by atoms with Crippen molar-refractivity contribution in [3.8, 4) is 0 Å². The fraction of sp³-hybridized carbons (Fsp3) is 0.231. The maximum absolute atomic E-state index is 5.42. The molecule has 1 heterocycles. The van der Waals surface area contributed by atoms with Crippen LogP contribution in [0.4, 0.5) is 5.69 Å². The van der Waals surface area contributed by atoms with Gasteiger partial charge in [-0.1, -0.05) is 19.1 Å². The molecule has 2 nitrogen and oxygen atoms in total. The van der Waals surface area contributed by atoms with Gasteiger partial charge in [-0.2, -0.15) is 0 Å². The number of anilines is 1. The van der Waals surface area contributed by atoms with Gasteiger partial charge >= 0.3 is 0 Å². The first-order valence-corrected chi connectivity index (χ1v) is 6.15. The van der Waals surface area contributed by atoms with Crippen LogP contribution in [0.1, 0.15) is 25.1 Å². The summed E-state index contributed by atoms with van der Waals surface area (Å²) in [7, 11) is 0. The molecule has 0 bridgehead atoms. The van der Waals surface area contributed by atoms with Gasteiger partial charge in [0.2, 0.25) is 0 Å². The zero-order chi connectivity index (χ0) is 11.4. The highest BCUT2D eigenvalue weighted by Gasteiger charge is 2.12. The molecule has 0 radical (unpaired) electrons. The molecule has 0 fully saturated rings. The molecule has 2 rings (SSSR count). The maximum Gasteiger partial charge on any atom is 0.125 e. The normalized spacial score (nSPS) is 12.4. The van der Waals surface area contributed by atoms with E-state index in [2.05, 4.69) is 34.2 Å². The molecule has 3 heteroatoms. The second kappa shape index (κ2) is 5.21. The third-order valence-electron chi connectivity index (χ3n) is 2.50. The molecular formula is C13H14BrNO. The van der Waals surface area contributed by atoms with Crippen LogP contribution in [0.15, 0.2) is 51.6 Å². The van der Waals surface area contributed by atoms with Crippen LogP contribution in [0.5, 0.6) is 0 Å². The minimum atomic E-state index is 0.216. The van der Waals surface area contributed by atoms with Gasteiger partial charge in [0.1, 0.15) is 5.76 Å². The Hall–Kier alpha value is -1.22. The van der Waals surface area contributed by atoms with Crippen LogP contribution in [0.25, 0.3) is 0 Å². The average molecular weight is 280 g/mol. The Morgan fingerprint density at radius 2 is 2.06 bits per heavy atom. The van der Waals surface area contributed by atoms with Crippen LogP contribution < -0.4 is 5.32 Å². The lowest BCUT2D eigenvalue weighted by atomic mass is 10.1. The van der Waals surface area contributed by atoms with Gasteiger partial charge in [0, 0.05) is 10.2 Å². The predicted molar refractivity (Wildman–Crippen MR) is 69.5 cm³/mol. The largest absolute Gasteiger partial charge is 0.467 e. The second-order valence-corrected chi connectivity index (χ2v) is 4.45. The molecule has 1 unspecified atom stereocenters. The summed E-state index contributed by atoms with van der Waals surface area (Å²) in [5.74, 6) is 0.971. The SMILES string of the molecule is CCC(Nc1ccccc1Br)c1ccco1. The van der Waals surface area contributed by atoms with Gasteiger partial charge in [-0.3, -0.25) is 0 Å². The third-order valence-corrected chi connectivity index (χ3v) is 3.19. The Balaban J connectivity index is 2.17. The highest BCUT2D eigenvalue weighted by atomic mass is 79.9. The molecule has 0 saturated carbocycles. The Morgan fingerprint density at radius 1 is 1.25 bits per heavy atom. The van der Waals surface area contributed by atoms with E-state index in [4.69, 9.17) is 4.42 Å². The van der Waals surface area contributed by atoms with Crippen LogP contribution in [-0.2, 0) is 0 Å². The summed E-state index contributed by atoms with van der Waals surface area (Å²) in [6, 6.07) is 12.2. The van der Waals surface area contributed by atoms with Crippen molar-refractivity contribution in [2.45, 2.75) is 19.4 Å². The van der Waals surface area contributed by atoms with Gasteiger partial charge in [0.15, 0.2) is 0 Å². The zero-order valence-corrected chi connectivity index (χ0v) is 10.7. The van der Waals surface area contributed by atoms with Crippen molar-refractivity contribution >= 4 is 21.6 Å². The Bertz CT molecular complexity index is 439. The van der Waals surface area contributed by atoms with E-state index >= 15 is 0 Å². The van der Waals surface area contributed by atoms with E-state index in [1.807, 2.05) is 30.3 Å². The van der Waals surface area contributed by atoms with Crippen molar-refractivity contribution in [3.05, 3.63) is 52.9 Å². The van der Waals surface area contributed by atoms with Gasteiger partial charge in [-0.05, 0) is 46.6 Å². The predicted octanol–water partition coefficient (Wildman–Crippen LogP) is 4.61. The van der Waals surface area contributed by atoms with Gasteiger partial charge in [0.25, 0.3) is 0 Å². The van der Waals surface area contributed by atoms with Crippen molar-refractivity contribution in [2.24, 2.45) is 0 Å². The molecule has 1 aromatic heterocycles. The highest BCUT2D eigenvalue weighted by Crippen LogP contribution is 2.27. The minimum Gasteiger partial charge on any atom is -0.467 e. The maximum atomic E-state index is 5.42. The van der Waals surface area contributed by atoms with Crippen molar-refractivity contribution in [1.82, 2.24) is 0 Å². The standard InChI is InChI=1S/C13H14BrNO/c1-2-11(13-8-5-9-16-13)15-12-7-4-3-6-10(12)14/h3-9,11,15H,2H2,1H3. The lowest BCUT2D eigenvalue weighted by Gasteiger charge is -2.16. The van der Waals surface area contributed by atoms with Crippen LogP contribution in [-0.4, -0.2) is 0 Å². The van der Waals surface area contributed by atoms with Gasteiger partial charge < -0.3 is 9.73 Å². The molecule has 0 saturated heterocycles. The van der Waals surface area contributed by atoms with Crippen LogP contribution in [0, 0.1) is 0 Å². The number of halogens is 1. The average Bonchev–Trinajstić information content (AvgIpc) is 2.81. The summed E-state index contributed by atoms with van der Waals surface area (Å²) in [5, 5.41) is 3.46. The molecule has 1 N–H and O–H groups in total. The molecule has 0 aliphatic rings. The number of benzene rings is 1. The van der Waals surface area contributed by atoms with E-state index < -0.39 is 0 Å². The topological polar surface area (TPSA) is 25.2 Å². The van der Waals surface area contributed by atoms with E-state index in [1.54, 1.807) is 6.26 Å². The molecule has 16 heavy (non-hydrogen) atoms. The number of hydrogen-bond donors (Lipinski definition) is 1. The highest BCUT2D eigenvalue weighted by molar-refractivity contribution is 9.10. The van der Waals surface area contributed by atoms with E-state index in [-0.39, 0.29) is 6.04 Å². The lowest BCUT2D eigenvalue weighted by Crippen LogP contribution is -2.08. The molecule has 0 spiro atoms. The van der Waals surface area contributed by atoms with E-state index in [1.165, 1.54) is 0 Å². The van der Waals surface area contributed by atoms with Crippen molar-refractivity contribution in [2.75, 3.05) is 5.32 Å². The Labute approximate surface area is 104 Å². The summed E-state index contributed by atoms with van der Waals surface area (Å²) in [6.07, 6.45) is 2.69.